The summed E-state index contributed by atoms with van der Waals surface area (Å²) >= 11 is 0. The van der Waals surface area contributed by atoms with Gasteiger partial charge >= 0.3 is 5.97 Å². The molecule has 0 aliphatic carbocycles. The van der Waals surface area contributed by atoms with Gasteiger partial charge in [-0.05, 0) is 13.3 Å². The molecule has 0 aliphatic heterocycles. The van der Waals surface area contributed by atoms with Crippen molar-refractivity contribution in [2.45, 2.75) is 26.3 Å². The first-order chi connectivity index (χ1) is 7.27. The van der Waals surface area contributed by atoms with E-state index in [9.17, 15) is 13.2 Å². The number of nitrogens with zero attached hydrogens (tertiary/aromatic N) is 2. The zero-order chi connectivity index (χ0) is 12.9. The molecule has 1 atom stereocenters. The molecule has 0 aromatic rings. The van der Waals surface area contributed by atoms with Crippen molar-refractivity contribution in [1.29, 1.82) is 0 Å². The van der Waals surface area contributed by atoms with Gasteiger partial charge in [0, 0.05) is 20.1 Å². The summed E-state index contributed by atoms with van der Waals surface area (Å²) < 4.78 is 30.6. The maximum absolute atomic E-state index is 11.9. The fraction of sp³-hybridized carbons (Fsp3) is 0.889. The van der Waals surface area contributed by atoms with Crippen LogP contribution < -0.4 is 0 Å². The van der Waals surface area contributed by atoms with E-state index >= 15 is 0 Å². The average molecular weight is 252 g/mol. The largest absolute Gasteiger partial charge is 0.468 e. The minimum atomic E-state index is -3.59. The van der Waals surface area contributed by atoms with Crippen molar-refractivity contribution in [3.05, 3.63) is 0 Å². The van der Waals surface area contributed by atoms with Gasteiger partial charge in [-0.25, -0.2) is 0 Å². The Balaban J connectivity index is 5.03. The third-order valence-electron chi connectivity index (χ3n) is 2.35. The van der Waals surface area contributed by atoms with Crippen molar-refractivity contribution in [2.24, 2.45) is 0 Å². The molecule has 0 aromatic heterocycles. The Morgan fingerprint density at radius 3 is 2.19 bits per heavy atom. The van der Waals surface area contributed by atoms with E-state index in [0.29, 0.717) is 6.42 Å². The van der Waals surface area contributed by atoms with Gasteiger partial charge in [0.25, 0.3) is 10.2 Å². The normalized spacial score (nSPS) is 14.2. The molecule has 0 fully saturated rings. The van der Waals surface area contributed by atoms with Crippen molar-refractivity contribution < 1.29 is 17.9 Å². The number of ether oxygens (including phenoxy) is 1. The quantitative estimate of drug-likeness (QED) is 0.627. The summed E-state index contributed by atoms with van der Waals surface area (Å²) in [5.74, 6) is -0.564. The van der Waals surface area contributed by atoms with Crippen LogP contribution in [0.3, 0.4) is 0 Å². The molecule has 0 aliphatic rings. The van der Waals surface area contributed by atoms with E-state index in [0.717, 1.165) is 8.61 Å². The molecular weight excluding hydrogens is 232 g/mol. The standard InChI is InChI=1S/C9H20N2O4S/c1-6-8(2)11(7-9(12)15-5)16(13,14)10(3)4/h8H,6-7H2,1-5H3/t8-/m1/s1. The summed E-state index contributed by atoms with van der Waals surface area (Å²) in [7, 11) is 0.511. The van der Waals surface area contributed by atoms with Gasteiger partial charge < -0.3 is 4.74 Å². The number of carbonyl (C=O) groups is 1. The highest BCUT2D eigenvalue weighted by atomic mass is 32.2. The molecule has 0 N–H and O–H groups in total. The van der Waals surface area contributed by atoms with E-state index in [4.69, 9.17) is 0 Å². The summed E-state index contributed by atoms with van der Waals surface area (Å²) in [6.45, 7) is 3.36. The first-order valence-corrected chi connectivity index (χ1v) is 6.43. The maximum Gasteiger partial charge on any atom is 0.321 e. The monoisotopic (exact) mass is 252 g/mol. The van der Waals surface area contributed by atoms with Crippen molar-refractivity contribution in [3.63, 3.8) is 0 Å². The molecule has 0 saturated heterocycles. The Kier molecular flexibility index (Phi) is 5.91. The maximum atomic E-state index is 11.9. The van der Waals surface area contributed by atoms with Crippen LogP contribution >= 0.6 is 0 Å². The van der Waals surface area contributed by atoms with Gasteiger partial charge in [0.15, 0.2) is 0 Å². The highest BCUT2D eigenvalue weighted by molar-refractivity contribution is 7.86. The molecular formula is C9H20N2O4S. The number of rotatable bonds is 6. The van der Waals surface area contributed by atoms with Crippen molar-refractivity contribution >= 4 is 16.2 Å². The second-order valence-corrected chi connectivity index (χ2v) is 5.76. The van der Waals surface area contributed by atoms with Gasteiger partial charge in [-0.15, -0.1) is 0 Å². The molecule has 6 nitrogen and oxygen atoms in total. The zero-order valence-electron chi connectivity index (χ0n) is 10.4. The van der Waals surface area contributed by atoms with Crippen LogP contribution in [0.2, 0.25) is 0 Å². The van der Waals surface area contributed by atoms with E-state index in [1.807, 2.05) is 6.92 Å². The van der Waals surface area contributed by atoms with Crippen LogP contribution in [0.1, 0.15) is 20.3 Å². The van der Waals surface area contributed by atoms with Gasteiger partial charge in [-0.1, -0.05) is 6.92 Å². The Morgan fingerprint density at radius 1 is 1.38 bits per heavy atom. The smallest absolute Gasteiger partial charge is 0.321 e. The van der Waals surface area contributed by atoms with Gasteiger partial charge in [0.1, 0.15) is 6.54 Å². The predicted octanol–water partition coefficient (Wildman–Crippen LogP) is 0.0663. The molecule has 96 valence electrons. The first kappa shape index (κ1) is 15.3. The van der Waals surface area contributed by atoms with Crippen LogP contribution in [-0.2, 0) is 19.7 Å². The second-order valence-electron chi connectivity index (χ2n) is 3.67. The van der Waals surface area contributed by atoms with Crippen LogP contribution in [0.25, 0.3) is 0 Å². The molecule has 7 heteroatoms. The van der Waals surface area contributed by atoms with E-state index in [2.05, 4.69) is 4.74 Å². The Labute approximate surface area is 97.3 Å². The minimum absolute atomic E-state index is 0.244. The lowest BCUT2D eigenvalue weighted by Gasteiger charge is -2.29. The molecule has 0 rings (SSSR count). The van der Waals surface area contributed by atoms with E-state index in [1.165, 1.54) is 21.2 Å². The minimum Gasteiger partial charge on any atom is -0.468 e. The number of esters is 1. The first-order valence-electron chi connectivity index (χ1n) is 5.03. The van der Waals surface area contributed by atoms with Crippen molar-refractivity contribution in [1.82, 2.24) is 8.61 Å². The van der Waals surface area contributed by atoms with Gasteiger partial charge in [-0.2, -0.15) is 17.0 Å². The fourth-order valence-electron chi connectivity index (χ4n) is 1.07. The van der Waals surface area contributed by atoms with Crippen LogP contribution in [0, 0.1) is 0 Å². The summed E-state index contributed by atoms with van der Waals surface area (Å²) in [6.07, 6.45) is 0.629. The molecule has 0 bridgehead atoms. The van der Waals surface area contributed by atoms with E-state index in [-0.39, 0.29) is 12.6 Å². The molecule has 16 heavy (non-hydrogen) atoms. The molecule has 0 radical (unpaired) electrons. The molecule has 0 saturated carbocycles. The molecule has 0 amide bonds. The zero-order valence-corrected chi connectivity index (χ0v) is 11.2. The number of hydrogen-bond acceptors (Lipinski definition) is 4. The van der Waals surface area contributed by atoms with Crippen molar-refractivity contribution in [2.75, 3.05) is 27.7 Å². The fourth-order valence-corrected chi connectivity index (χ4v) is 2.36. The predicted molar refractivity (Wildman–Crippen MR) is 61.1 cm³/mol. The van der Waals surface area contributed by atoms with Crippen molar-refractivity contribution in [3.8, 4) is 0 Å². The lowest BCUT2D eigenvalue weighted by molar-refractivity contribution is -0.141. The van der Waals surface area contributed by atoms with E-state index in [1.54, 1.807) is 6.92 Å². The Hall–Kier alpha value is -0.660. The number of methoxy groups -OCH3 is 1. The van der Waals surface area contributed by atoms with Gasteiger partial charge in [-0.3, -0.25) is 4.79 Å². The van der Waals surface area contributed by atoms with Crippen LogP contribution in [0.5, 0.6) is 0 Å². The van der Waals surface area contributed by atoms with Crippen LogP contribution in [0.4, 0.5) is 0 Å². The van der Waals surface area contributed by atoms with Crippen LogP contribution in [0.15, 0.2) is 0 Å². The van der Waals surface area contributed by atoms with E-state index < -0.39 is 16.2 Å². The summed E-state index contributed by atoms with van der Waals surface area (Å²) in [5, 5.41) is 0. The highest BCUT2D eigenvalue weighted by Gasteiger charge is 2.30. The van der Waals surface area contributed by atoms with Crippen LogP contribution in [-0.4, -0.2) is 56.8 Å². The molecule has 0 unspecified atom stereocenters. The third-order valence-corrected chi connectivity index (χ3v) is 4.36. The third kappa shape index (κ3) is 3.73. The summed E-state index contributed by atoms with van der Waals surface area (Å²) in [6, 6.07) is -0.244. The highest BCUT2D eigenvalue weighted by Crippen LogP contribution is 2.12. The summed E-state index contributed by atoms with van der Waals surface area (Å²) in [4.78, 5) is 11.2. The number of hydrogen-bond donors (Lipinski definition) is 0. The van der Waals surface area contributed by atoms with Gasteiger partial charge in [0.2, 0.25) is 0 Å². The second kappa shape index (κ2) is 6.17. The Bertz CT molecular complexity index is 326. The molecule has 0 heterocycles. The van der Waals surface area contributed by atoms with Gasteiger partial charge in [0.05, 0.1) is 7.11 Å². The SMILES string of the molecule is CC[C@@H](C)N(CC(=O)OC)S(=O)(=O)N(C)C. The average Bonchev–Trinajstić information content (AvgIpc) is 2.23. The molecule has 0 spiro atoms. The number of carbonyl (C=O) groups excluding carboxylic acids is 1. The lowest BCUT2D eigenvalue weighted by atomic mass is 10.2. The topological polar surface area (TPSA) is 66.9 Å². The summed E-state index contributed by atoms with van der Waals surface area (Å²) in [5.41, 5.74) is 0. The lowest BCUT2D eigenvalue weighted by Crippen LogP contribution is -2.47. The molecule has 0 aromatic carbocycles. The Morgan fingerprint density at radius 2 is 1.88 bits per heavy atom.